The molecule has 3 aliphatic heterocycles. The molecule has 0 saturated carbocycles. The van der Waals surface area contributed by atoms with Crippen LogP contribution in [0.3, 0.4) is 0 Å². The van der Waals surface area contributed by atoms with Crippen molar-refractivity contribution in [2.75, 3.05) is 20.1 Å². The van der Waals surface area contributed by atoms with Crippen molar-refractivity contribution in [2.24, 2.45) is 11.8 Å². The minimum absolute atomic E-state index is 0.00936. The Morgan fingerprint density at radius 3 is 2.81 bits per heavy atom. The number of hydrogen-bond donors (Lipinski definition) is 0. The van der Waals surface area contributed by atoms with E-state index in [1.165, 1.54) is 11.1 Å². The van der Waals surface area contributed by atoms with Crippen LogP contribution in [0.1, 0.15) is 23.6 Å². The summed E-state index contributed by atoms with van der Waals surface area (Å²) in [7, 11) is 1.79. The van der Waals surface area contributed by atoms with E-state index >= 15 is 0 Å². The largest absolute Gasteiger partial charge is 0.360 e. The molecular weight excluding hydrogens is 328 g/mol. The number of fused-ring (bicyclic) bond motifs is 1. The van der Waals surface area contributed by atoms with Crippen LogP contribution in [0.15, 0.2) is 30.4 Å². The van der Waals surface area contributed by atoms with Crippen molar-refractivity contribution in [1.29, 1.82) is 0 Å². The lowest BCUT2D eigenvalue weighted by Gasteiger charge is -2.27. The van der Waals surface area contributed by atoms with Gasteiger partial charge in [0, 0.05) is 20.1 Å². The Hall–Kier alpha value is -2.14. The quantitative estimate of drug-likeness (QED) is 0.778. The van der Waals surface area contributed by atoms with Gasteiger partial charge in [0.05, 0.1) is 24.5 Å². The molecule has 5 heteroatoms. The van der Waals surface area contributed by atoms with Crippen molar-refractivity contribution < 1.29 is 14.3 Å². The van der Waals surface area contributed by atoms with Gasteiger partial charge in [-0.05, 0) is 37.5 Å². The second-order valence-electron chi connectivity index (χ2n) is 7.87. The number of hydrogen-bond acceptors (Lipinski definition) is 3. The lowest BCUT2D eigenvalue weighted by molar-refractivity contribution is -0.142. The van der Waals surface area contributed by atoms with Gasteiger partial charge in [-0.25, -0.2) is 0 Å². The Bertz CT molecular complexity index is 802. The van der Waals surface area contributed by atoms with Gasteiger partial charge < -0.3 is 14.5 Å². The van der Waals surface area contributed by atoms with Crippen LogP contribution in [-0.2, 0) is 20.9 Å². The Morgan fingerprint density at radius 2 is 2.12 bits per heavy atom. The minimum atomic E-state index is -0.629. The number of ether oxygens (including phenoxy) is 1. The number of amides is 2. The maximum absolute atomic E-state index is 13.2. The molecule has 3 aliphatic rings. The van der Waals surface area contributed by atoms with Crippen LogP contribution < -0.4 is 0 Å². The molecule has 0 N–H and O–H groups in total. The summed E-state index contributed by atoms with van der Waals surface area (Å²) in [6.07, 6.45) is 3.71. The van der Waals surface area contributed by atoms with E-state index in [0.717, 1.165) is 5.56 Å². The van der Waals surface area contributed by atoms with Crippen molar-refractivity contribution in [3.63, 3.8) is 0 Å². The van der Waals surface area contributed by atoms with Gasteiger partial charge in [0.25, 0.3) is 0 Å². The third-order valence-electron chi connectivity index (χ3n) is 6.26. The molecule has 2 saturated heterocycles. The monoisotopic (exact) mass is 354 g/mol. The van der Waals surface area contributed by atoms with E-state index in [-0.39, 0.29) is 17.9 Å². The zero-order chi connectivity index (χ0) is 18.6. The summed E-state index contributed by atoms with van der Waals surface area (Å²) in [5.41, 5.74) is 2.96. The van der Waals surface area contributed by atoms with Crippen molar-refractivity contribution in [3.8, 4) is 0 Å². The first-order chi connectivity index (χ1) is 12.4. The zero-order valence-corrected chi connectivity index (χ0v) is 15.9. The highest BCUT2D eigenvalue weighted by Gasteiger charge is 2.66. The molecule has 4 rings (SSSR count). The first-order valence-corrected chi connectivity index (χ1v) is 9.33. The van der Waals surface area contributed by atoms with Gasteiger partial charge in [-0.15, -0.1) is 0 Å². The van der Waals surface area contributed by atoms with Crippen molar-refractivity contribution in [3.05, 3.63) is 47.0 Å². The molecule has 1 spiro atoms. The van der Waals surface area contributed by atoms with E-state index in [0.29, 0.717) is 19.6 Å². The number of likely N-dealkylation sites (tertiary alicyclic amines) is 1. The molecule has 4 atom stereocenters. The summed E-state index contributed by atoms with van der Waals surface area (Å²) in [4.78, 5) is 29.6. The highest BCUT2D eigenvalue weighted by Crippen LogP contribution is 2.52. The van der Waals surface area contributed by atoms with E-state index in [2.05, 4.69) is 32.0 Å². The molecule has 2 amide bonds. The number of carbonyl (C=O) groups is 2. The summed E-state index contributed by atoms with van der Waals surface area (Å²) in [5, 5.41) is 0. The van der Waals surface area contributed by atoms with Crippen LogP contribution in [0.4, 0.5) is 0 Å². The number of benzene rings is 1. The van der Waals surface area contributed by atoms with Crippen LogP contribution >= 0.6 is 0 Å². The zero-order valence-electron chi connectivity index (χ0n) is 15.9. The molecule has 0 radical (unpaired) electrons. The fraction of sp³-hybridized carbons (Fsp3) is 0.524. The predicted molar refractivity (Wildman–Crippen MR) is 98.4 cm³/mol. The molecule has 2 fully saturated rings. The third kappa shape index (κ3) is 2.41. The number of carbonyl (C=O) groups excluding carboxylic acids is 2. The normalized spacial score (nSPS) is 31.6. The first kappa shape index (κ1) is 17.3. The average molecular weight is 354 g/mol. The molecule has 0 aromatic heterocycles. The summed E-state index contributed by atoms with van der Waals surface area (Å²) in [5.74, 6) is -0.749. The smallest absolute Gasteiger partial charge is 0.230 e. The van der Waals surface area contributed by atoms with Gasteiger partial charge >= 0.3 is 0 Å². The standard InChI is InChI=1S/C21H26N2O3/c1-5-22(4)19(24)17-16-8-9-21(26-16)12-23(20(25)18(17)21)11-15-7-6-13(2)14(3)10-15/h6-10,16-18H,5,11-12H2,1-4H3/t16-,17+,18-,21-/m0/s1. The molecule has 5 nitrogen and oxygen atoms in total. The van der Waals surface area contributed by atoms with E-state index in [1.54, 1.807) is 11.9 Å². The summed E-state index contributed by atoms with van der Waals surface area (Å²) >= 11 is 0. The minimum Gasteiger partial charge on any atom is -0.360 e. The molecule has 26 heavy (non-hydrogen) atoms. The van der Waals surface area contributed by atoms with E-state index < -0.39 is 17.4 Å². The van der Waals surface area contributed by atoms with Gasteiger partial charge in [0.15, 0.2) is 0 Å². The summed E-state index contributed by atoms with van der Waals surface area (Å²) in [6, 6.07) is 6.30. The summed E-state index contributed by atoms with van der Waals surface area (Å²) < 4.78 is 6.17. The second-order valence-corrected chi connectivity index (χ2v) is 7.87. The van der Waals surface area contributed by atoms with E-state index in [1.807, 2.05) is 24.0 Å². The Morgan fingerprint density at radius 1 is 1.35 bits per heavy atom. The number of rotatable bonds is 4. The molecule has 0 unspecified atom stereocenters. The molecule has 1 aromatic rings. The van der Waals surface area contributed by atoms with Crippen LogP contribution in [0.2, 0.25) is 0 Å². The first-order valence-electron chi connectivity index (χ1n) is 9.33. The Balaban J connectivity index is 1.59. The molecule has 2 bridgehead atoms. The predicted octanol–water partition coefficient (Wildman–Crippen LogP) is 2.06. The lowest BCUT2D eigenvalue weighted by atomic mass is 9.76. The Labute approximate surface area is 154 Å². The SMILES string of the molecule is CCN(C)C(=O)[C@@H]1[C@@H]2C=C[C@@]3(CN(Cc4ccc(C)c(C)c4)C(=O)[C@H]13)O2. The van der Waals surface area contributed by atoms with E-state index in [9.17, 15) is 9.59 Å². The van der Waals surface area contributed by atoms with Gasteiger partial charge in [-0.2, -0.15) is 0 Å². The van der Waals surface area contributed by atoms with Crippen LogP contribution in [0.25, 0.3) is 0 Å². The highest BCUT2D eigenvalue weighted by atomic mass is 16.5. The van der Waals surface area contributed by atoms with Crippen molar-refractivity contribution in [2.45, 2.75) is 39.0 Å². The second kappa shape index (κ2) is 5.95. The number of nitrogens with zero attached hydrogens (tertiary/aromatic N) is 2. The van der Waals surface area contributed by atoms with Gasteiger partial charge in [0.1, 0.15) is 5.60 Å². The fourth-order valence-electron chi connectivity index (χ4n) is 4.53. The molecule has 3 heterocycles. The maximum atomic E-state index is 13.2. The highest BCUT2D eigenvalue weighted by molar-refractivity contribution is 5.93. The van der Waals surface area contributed by atoms with Gasteiger partial charge in [-0.1, -0.05) is 30.4 Å². The summed E-state index contributed by atoms with van der Waals surface area (Å²) in [6.45, 7) is 7.83. The molecular formula is C21H26N2O3. The van der Waals surface area contributed by atoms with Crippen molar-refractivity contribution in [1.82, 2.24) is 9.80 Å². The lowest BCUT2D eigenvalue weighted by Crippen LogP contribution is -2.44. The van der Waals surface area contributed by atoms with Gasteiger partial charge in [-0.3, -0.25) is 9.59 Å². The fourth-order valence-corrected chi connectivity index (χ4v) is 4.53. The number of aryl methyl sites for hydroxylation is 2. The van der Waals surface area contributed by atoms with Crippen LogP contribution in [0, 0.1) is 25.7 Å². The maximum Gasteiger partial charge on any atom is 0.230 e. The molecule has 1 aromatic carbocycles. The molecule has 0 aliphatic carbocycles. The topological polar surface area (TPSA) is 49.9 Å². The Kier molecular flexibility index (Phi) is 3.95. The van der Waals surface area contributed by atoms with Crippen molar-refractivity contribution >= 4 is 11.8 Å². The molecule has 138 valence electrons. The van der Waals surface area contributed by atoms with Crippen LogP contribution in [-0.4, -0.2) is 53.5 Å². The third-order valence-corrected chi connectivity index (χ3v) is 6.26. The van der Waals surface area contributed by atoms with Gasteiger partial charge in [0.2, 0.25) is 11.8 Å². The van der Waals surface area contributed by atoms with E-state index in [4.69, 9.17) is 4.74 Å². The van der Waals surface area contributed by atoms with Crippen LogP contribution in [0.5, 0.6) is 0 Å². The average Bonchev–Trinajstić information content (AvgIpc) is 3.25.